The van der Waals surface area contributed by atoms with E-state index in [0.717, 1.165) is 5.39 Å². The van der Waals surface area contributed by atoms with Crippen molar-refractivity contribution in [3.63, 3.8) is 0 Å². The summed E-state index contributed by atoms with van der Waals surface area (Å²) in [4.78, 5) is 24.5. The number of hydrogen-bond donors (Lipinski definition) is 0. The molecule has 3 rings (SSSR count). The highest BCUT2D eigenvalue weighted by Crippen LogP contribution is 2.17. The van der Waals surface area contributed by atoms with Crippen LogP contribution in [-0.4, -0.2) is 20.7 Å². The highest BCUT2D eigenvalue weighted by Gasteiger charge is 2.14. The van der Waals surface area contributed by atoms with Crippen LogP contribution >= 0.6 is 0 Å². The quantitative estimate of drug-likeness (QED) is 0.639. The molecule has 0 spiro atoms. The number of benzene rings is 1. The van der Waals surface area contributed by atoms with Crippen molar-refractivity contribution in [2.24, 2.45) is 0 Å². The molecule has 0 aliphatic rings. The van der Waals surface area contributed by atoms with Crippen molar-refractivity contribution in [3.05, 3.63) is 66.4 Å². The Hall–Kier alpha value is -2.62. The van der Waals surface area contributed by atoms with Crippen LogP contribution in [0.15, 0.2) is 55.0 Å². The Bertz CT molecular complexity index is 705. The van der Waals surface area contributed by atoms with Crippen molar-refractivity contribution >= 4 is 16.7 Å². The van der Waals surface area contributed by atoms with E-state index in [-0.39, 0.29) is 11.6 Å². The molecule has 0 aliphatic heterocycles. The summed E-state index contributed by atoms with van der Waals surface area (Å²) in [5.41, 5.74) is 1.21. The molecule has 0 aliphatic carbocycles. The lowest BCUT2D eigenvalue weighted by molar-refractivity contribution is 0.103. The molecule has 1 aromatic carbocycles. The normalized spacial score (nSPS) is 10.4. The molecular weight excluding hydrogens is 226 g/mol. The molecule has 0 amide bonds. The minimum Gasteiger partial charge on any atom is -0.285 e. The van der Waals surface area contributed by atoms with E-state index < -0.39 is 0 Å². The molecule has 4 nitrogen and oxygen atoms in total. The second-order valence-corrected chi connectivity index (χ2v) is 3.78. The first-order valence-corrected chi connectivity index (χ1v) is 5.52. The van der Waals surface area contributed by atoms with Crippen molar-refractivity contribution in [1.82, 2.24) is 15.0 Å². The van der Waals surface area contributed by atoms with Gasteiger partial charge in [-0.1, -0.05) is 18.2 Å². The van der Waals surface area contributed by atoms with E-state index >= 15 is 0 Å². The molecule has 2 heterocycles. The third-order valence-corrected chi connectivity index (χ3v) is 2.65. The first-order valence-electron chi connectivity index (χ1n) is 5.52. The minimum atomic E-state index is -0.208. The third-order valence-electron chi connectivity index (χ3n) is 2.65. The summed E-state index contributed by atoms with van der Waals surface area (Å²) < 4.78 is 0. The van der Waals surface area contributed by atoms with Crippen molar-refractivity contribution in [3.8, 4) is 0 Å². The van der Waals surface area contributed by atoms with Gasteiger partial charge in [-0.3, -0.25) is 9.78 Å². The van der Waals surface area contributed by atoms with Crippen LogP contribution in [0.25, 0.3) is 10.9 Å². The van der Waals surface area contributed by atoms with Gasteiger partial charge in [-0.05, 0) is 18.2 Å². The van der Waals surface area contributed by atoms with Gasteiger partial charge >= 0.3 is 0 Å². The number of carbonyl (C=O) groups is 1. The van der Waals surface area contributed by atoms with E-state index in [0.29, 0.717) is 11.1 Å². The first kappa shape index (κ1) is 10.5. The maximum absolute atomic E-state index is 12.3. The Morgan fingerprint density at radius 3 is 2.39 bits per heavy atom. The monoisotopic (exact) mass is 235 g/mol. The van der Waals surface area contributed by atoms with Crippen molar-refractivity contribution < 1.29 is 4.79 Å². The van der Waals surface area contributed by atoms with Gasteiger partial charge in [0.1, 0.15) is 0 Å². The summed E-state index contributed by atoms with van der Waals surface area (Å²) in [6.07, 6.45) is 4.78. The fraction of sp³-hybridized carbons (Fsp3) is 0. The van der Waals surface area contributed by atoms with E-state index in [4.69, 9.17) is 0 Å². The Morgan fingerprint density at radius 2 is 1.56 bits per heavy atom. The standard InChI is InChI=1S/C14H9N3O/c18-13(14-16-8-3-9-17-14)11-6-1-4-10-5-2-7-15-12(10)11/h1-9H. The van der Waals surface area contributed by atoms with Gasteiger partial charge in [0.05, 0.1) is 11.1 Å². The van der Waals surface area contributed by atoms with Gasteiger partial charge in [-0.2, -0.15) is 0 Å². The van der Waals surface area contributed by atoms with E-state index in [1.807, 2.05) is 24.3 Å². The summed E-state index contributed by atoms with van der Waals surface area (Å²) in [6, 6.07) is 10.9. The van der Waals surface area contributed by atoms with Crippen LogP contribution in [0, 0.1) is 0 Å². The van der Waals surface area contributed by atoms with Crippen LogP contribution in [-0.2, 0) is 0 Å². The van der Waals surface area contributed by atoms with E-state index in [9.17, 15) is 4.79 Å². The molecule has 4 heteroatoms. The number of hydrogen-bond acceptors (Lipinski definition) is 4. The van der Waals surface area contributed by atoms with Crippen LogP contribution in [0.2, 0.25) is 0 Å². The van der Waals surface area contributed by atoms with Crippen LogP contribution in [0.3, 0.4) is 0 Å². The smallest absolute Gasteiger partial charge is 0.232 e. The molecule has 0 saturated carbocycles. The first-order chi connectivity index (χ1) is 8.86. The Morgan fingerprint density at radius 1 is 0.833 bits per heavy atom. The van der Waals surface area contributed by atoms with Gasteiger partial charge < -0.3 is 0 Å². The van der Waals surface area contributed by atoms with Gasteiger partial charge in [-0.15, -0.1) is 0 Å². The van der Waals surface area contributed by atoms with Crippen molar-refractivity contribution in [2.75, 3.05) is 0 Å². The molecule has 86 valence electrons. The Balaban J connectivity index is 2.18. The van der Waals surface area contributed by atoms with E-state index in [1.165, 1.54) is 0 Å². The lowest BCUT2D eigenvalue weighted by Crippen LogP contribution is -2.07. The second-order valence-electron chi connectivity index (χ2n) is 3.78. The van der Waals surface area contributed by atoms with E-state index in [2.05, 4.69) is 15.0 Å². The van der Waals surface area contributed by atoms with Gasteiger partial charge in [-0.25, -0.2) is 9.97 Å². The van der Waals surface area contributed by atoms with Crippen molar-refractivity contribution in [2.45, 2.75) is 0 Å². The lowest BCUT2D eigenvalue weighted by atomic mass is 10.1. The minimum absolute atomic E-state index is 0.190. The fourth-order valence-corrected chi connectivity index (χ4v) is 1.82. The third kappa shape index (κ3) is 1.73. The largest absolute Gasteiger partial charge is 0.285 e. The molecule has 0 saturated heterocycles. The molecule has 0 unspecified atom stereocenters. The van der Waals surface area contributed by atoms with Gasteiger partial charge in [0.25, 0.3) is 0 Å². The number of rotatable bonds is 2. The predicted molar refractivity (Wildman–Crippen MR) is 67.2 cm³/mol. The zero-order valence-corrected chi connectivity index (χ0v) is 9.45. The summed E-state index contributed by atoms with van der Waals surface area (Å²) in [6.45, 7) is 0. The molecular formula is C14H9N3O. The second kappa shape index (κ2) is 4.33. The summed E-state index contributed by atoms with van der Waals surface area (Å²) in [5.74, 6) is -0.0180. The highest BCUT2D eigenvalue weighted by molar-refractivity contribution is 6.13. The maximum atomic E-state index is 12.3. The van der Waals surface area contributed by atoms with Crippen molar-refractivity contribution in [1.29, 1.82) is 0 Å². The average molecular weight is 235 g/mol. The Kier molecular flexibility index (Phi) is 2.53. The number of para-hydroxylation sites is 1. The molecule has 18 heavy (non-hydrogen) atoms. The molecule has 0 atom stereocenters. The number of aromatic nitrogens is 3. The summed E-state index contributed by atoms with van der Waals surface area (Å²) in [7, 11) is 0. The molecule has 0 bridgehead atoms. The zero-order chi connectivity index (χ0) is 12.4. The number of nitrogens with zero attached hydrogens (tertiary/aromatic N) is 3. The number of carbonyl (C=O) groups excluding carboxylic acids is 1. The van der Waals surface area contributed by atoms with E-state index in [1.54, 1.807) is 30.7 Å². The maximum Gasteiger partial charge on any atom is 0.232 e. The van der Waals surface area contributed by atoms with Gasteiger partial charge in [0, 0.05) is 24.0 Å². The fourth-order valence-electron chi connectivity index (χ4n) is 1.82. The Labute approximate surface area is 103 Å². The van der Waals surface area contributed by atoms with Crippen LogP contribution in [0.5, 0.6) is 0 Å². The summed E-state index contributed by atoms with van der Waals surface area (Å²) >= 11 is 0. The van der Waals surface area contributed by atoms with Crippen LogP contribution < -0.4 is 0 Å². The van der Waals surface area contributed by atoms with Crippen LogP contribution in [0.4, 0.5) is 0 Å². The summed E-state index contributed by atoms with van der Waals surface area (Å²) in [5, 5.41) is 0.930. The van der Waals surface area contributed by atoms with Gasteiger partial charge in [0.15, 0.2) is 0 Å². The number of ketones is 1. The average Bonchev–Trinajstić information content (AvgIpc) is 2.47. The molecule has 0 N–H and O–H groups in total. The molecule has 0 fully saturated rings. The lowest BCUT2D eigenvalue weighted by Gasteiger charge is -2.03. The highest BCUT2D eigenvalue weighted by atomic mass is 16.1. The van der Waals surface area contributed by atoms with Gasteiger partial charge in [0.2, 0.25) is 11.6 Å². The molecule has 3 aromatic rings. The molecule has 2 aromatic heterocycles. The molecule has 0 radical (unpaired) electrons. The predicted octanol–water partition coefficient (Wildman–Crippen LogP) is 2.26. The number of fused-ring (bicyclic) bond motifs is 1. The zero-order valence-electron chi connectivity index (χ0n) is 9.45. The number of pyridine rings is 1. The topological polar surface area (TPSA) is 55.7 Å². The van der Waals surface area contributed by atoms with Crippen LogP contribution in [0.1, 0.15) is 16.2 Å². The SMILES string of the molecule is O=C(c1ncccn1)c1cccc2cccnc12.